The highest BCUT2D eigenvalue weighted by Crippen LogP contribution is 2.21. The lowest BCUT2D eigenvalue weighted by Crippen LogP contribution is -2.26. The second-order valence-corrected chi connectivity index (χ2v) is 2.79. The van der Waals surface area contributed by atoms with E-state index in [0.29, 0.717) is 0 Å². The number of carbonyl (C=O) groups is 1. The van der Waals surface area contributed by atoms with Crippen molar-refractivity contribution in [1.82, 2.24) is 0 Å². The molecule has 1 aromatic rings. The third-order valence-electron chi connectivity index (χ3n) is 1.67. The van der Waals surface area contributed by atoms with Crippen molar-refractivity contribution in [3.8, 4) is 5.75 Å². The minimum atomic E-state index is -0.813. The standard InChI is InChI=1S/C9H10FNO2/c1-5(11)8(12)6-3-2-4-7(10)9(6)13/h2-5,13H,11H2,1H3. The van der Waals surface area contributed by atoms with Crippen LogP contribution in [-0.4, -0.2) is 16.9 Å². The van der Waals surface area contributed by atoms with Crippen molar-refractivity contribution in [2.45, 2.75) is 13.0 Å². The zero-order chi connectivity index (χ0) is 10.0. The molecule has 0 saturated carbocycles. The molecular formula is C9H10FNO2. The molecule has 0 heterocycles. The molecule has 0 saturated heterocycles. The number of aromatic hydroxyl groups is 1. The molecule has 3 nitrogen and oxygen atoms in total. The normalized spacial score (nSPS) is 12.5. The third kappa shape index (κ3) is 1.84. The van der Waals surface area contributed by atoms with Gasteiger partial charge in [0.2, 0.25) is 0 Å². The molecule has 0 spiro atoms. The molecule has 13 heavy (non-hydrogen) atoms. The molecule has 0 bridgehead atoms. The van der Waals surface area contributed by atoms with Gasteiger partial charge in [-0.25, -0.2) is 4.39 Å². The highest BCUT2D eigenvalue weighted by molar-refractivity contribution is 6.01. The van der Waals surface area contributed by atoms with Gasteiger partial charge < -0.3 is 10.8 Å². The molecule has 70 valence electrons. The van der Waals surface area contributed by atoms with Crippen LogP contribution in [0.3, 0.4) is 0 Å². The summed E-state index contributed by atoms with van der Waals surface area (Å²) in [7, 11) is 0. The van der Waals surface area contributed by atoms with Gasteiger partial charge in [-0.15, -0.1) is 0 Å². The van der Waals surface area contributed by atoms with Gasteiger partial charge in [0, 0.05) is 0 Å². The van der Waals surface area contributed by atoms with Crippen molar-refractivity contribution < 1.29 is 14.3 Å². The summed E-state index contributed by atoms with van der Waals surface area (Å²) in [6.07, 6.45) is 0. The predicted octanol–water partition coefficient (Wildman–Crippen LogP) is 1.06. The second kappa shape index (κ2) is 3.53. The van der Waals surface area contributed by atoms with E-state index in [2.05, 4.69) is 0 Å². The molecular weight excluding hydrogens is 173 g/mol. The number of Topliss-reactive ketones (excluding diaryl/α,β-unsaturated/α-hetero) is 1. The van der Waals surface area contributed by atoms with Gasteiger partial charge in [0.1, 0.15) is 0 Å². The van der Waals surface area contributed by atoms with E-state index in [4.69, 9.17) is 10.8 Å². The van der Waals surface area contributed by atoms with Crippen molar-refractivity contribution in [3.05, 3.63) is 29.6 Å². The Morgan fingerprint density at radius 2 is 2.23 bits per heavy atom. The van der Waals surface area contributed by atoms with E-state index < -0.39 is 23.4 Å². The van der Waals surface area contributed by atoms with Crippen molar-refractivity contribution >= 4 is 5.78 Å². The Morgan fingerprint density at radius 1 is 1.62 bits per heavy atom. The molecule has 0 aliphatic rings. The summed E-state index contributed by atoms with van der Waals surface area (Å²) in [4.78, 5) is 11.3. The summed E-state index contributed by atoms with van der Waals surface area (Å²) >= 11 is 0. The highest BCUT2D eigenvalue weighted by atomic mass is 19.1. The van der Waals surface area contributed by atoms with Crippen LogP contribution in [0, 0.1) is 5.82 Å². The first-order valence-electron chi connectivity index (χ1n) is 3.81. The summed E-state index contributed by atoms with van der Waals surface area (Å²) in [5.41, 5.74) is 5.23. The number of rotatable bonds is 2. The van der Waals surface area contributed by atoms with Crippen LogP contribution in [-0.2, 0) is 0 Å². The Labute approximate surface area is 75.0 Å². The number of hydrogen-bond acceptors (Lipinski definition) is 3. The van der Waals surface area contributed by atoms with Gasteiger partial charge in [-0.2, -0.15) is 0 Å². The van der Waals surface area contributed by atoms with Gasteiger partial charge in [0.15, 0.2) is 17.3 Å². The van der Waals surface area contributed by atoms with Gasteiger partial charge in [0.05, 0.1) is 11.6 Å². The van der Waals surface area contributed by atoms with Crippen LogP contribution in [0.5, 0.6) is 5.75 Å². The fraction of sp³-hybridized carbons (Fsp3) is 0.222. The minimum Gasteiger partial charge on any atom is -0.504 e. The number of para-hydroxylation sites is 1. The maximum absolute atomic E-state index is 12.8. The molecule has 0 fully saturated rings. The van der Waals surface area contributed by atoms with Crippen LogP contribution in [0.25, 0.3) is 0 Å². The van der Waals surface area contributed by atoms with Gasteiger partial charge in [-0.05, 0) is 19.1 Å². The molecule has 1 unspecified atom stereocenters. The molecule has 0 aliphatic carbocycles. The number of halogens is 1. The summed E-state index contributed by atoms with van der Waals surface area (Å²) in [6, 6.07) is 3.02. The van der Waals surface area contributed by atoms with Gasteiger partial charge in [-0.3, -0.25) is 4.79 Å². The number of phenolic OH excluding ortho intramolecular Hbond substituents is 1. The first-order valence-corrected chi connectivity index (χ1v) is 3.81. The lowest BCUT2D eigenvalue weighted by molar-refractivity contribution is 0.0964. The van der Waals surface area contributed by atoms with E-state index in [1.807, 2.05) is 0 Å². The Balaban J connectivity index is 3.15. The van der Waals surface area contributed by atoms with Crippen LogP contribution in [0.4, 0.5) is 4.39 Å². The molecule has 1 atom stereocenters. The number of ketones is 1. The summed E-state index contributed by atoms with van der Waals surface area (Å²) in [6.45, 7) is 1.48. The number of benzene rings is 1. The van der Waals surface area contributed by atoms with Crippen LogP contribution in [0.1, 0.15) is 17.3 Å². The lowest BCUT2D eigenvalue weighted by atomic mass is 10.1. The molecule has 1 rings (SSSR count). The number of nitrogens with two attached hydrogens (primary N) is 1. The fourth-order valence-electron chi connectivity index (χ4n) is 0.959. The Bertz CT molecular complexity index is 336. The van der Waals surface area contributed by atoms with Crippen LogP contribution < -0.4 is 5.73 Å². The van der Waals surface area contributed by atoms with E-state index in [0.717, 1.165) is 6.07 Å². The van der Waals surface area contributed by atoms with Crippen molar-refractivity contribution in [3.63, 3.8) is 0 Å². The van der Waals surface area contributed by atoms with E-state index in [1.54, 1.807) is 0 Å². The Morgan fingerprint density at radius 3 is 2.77 bits per heavy atom. The van der Waals surface area contributed by atoms with Crippen molar-refractivity contribution in [2.24, 2.45) is 5.73 Å². The van der Waals surface area contributed by atoms with Crippen molar-refractivity contribution in [1.29, 1.82) is 0 Å². The van der Waals surface area contributed by atoms with Gasteiger partial charge in [-0.1, -0.05) is 6.07 Å². The first-order chi connectivity index (χ1) is 6.04. The summed E-state index contributed by atoms with van der Waals surface area (Å²) < 4.78 is 12.8. The van der Waals surface area contributed by atoms with E-state index in [-0.39, 0.29) is 5.56 Å². The predicted molar refractivity (Wildman–Crippen MR) is 46.0 cm³/mol. The zero-order valence-corrected chi connectivity index (χ0v) is 7.12. The fourth-order valence-corrected chi connectivity index (χ4v) is 0.959. The molecule has 0 aliphatic heterocycles. The molecule has 3 N–H and O–H groups in total. The number of carbonyl (C=O) groups excluding carboxylic acids is 1. The van der Waals surface area contributed by atoms with Crippen LogP contribution in [0.2, 0.25) is 0 Å². The zero-order valence-electron chi connectivity index (χ0n) is 7.12. The number of hydrogen-bond donors (Lipinski definition) is 2. The second-order valence-electron chi connectivity index (χ2n) is 2.79. The smallest absolute Gasteiger partial charge is 0.183 e. The molecule has 0 aromatic heterocycles. The van der Waals surface area contributed by atoms with Crippen LogP contribution in [0.15, 0.2) is 18.2 Å². The third-order valence-corrected chi connectivity index (χ3v) is 1.67. The lowest BCUT2D eigenvalue weighted by Gasteiger charge is -2.06. The Kier molecular flexibility index (Phi) is 2.63. The topological polar surface area (TPSA) is 63.3 Å². The van der Waals surface area contributed by atoms with Crippen molar-refractivity contribution in [2.75, 3.05) is 0 Å². The largest absolute Gasteiger partial charge is 0.504 e. The maximum Gasteiger partial charge on any atom is 0.183 e. The molecule has 0 radical (unpaired) electrons. The maximum atomic E-state index is 12.8. The molecule has 4 heteroatoms. The Hall–Kier alpha value is -1.42. The van der Waals surface area contributed by atoms with E-state index >= 15 is 0 Å². The van der Waals surface area contributed by atoms with Gasteiger partial charge in [0.25, 0.3) is 0 Å². The van der Waals surface area contributed by atoms with Crippen LogP contribution >= 0.6 is 0 Å². The average molecular weight is 183 g/mol. The number of phenols is 1. The molecule has 0 amide bonds. The van der Waals surface area contributed by atoms with E-state index in [1.165, 1.54) is 19.1 Å². The monoisotopic (exact) mass is 183 g/mol. The summed E-state index contributed by atoms with van der Waals surface area (Å²) in [5.74, 6) is -1.92. The minimum absolute atomic E-state index is 0.0741. The molecule has 1 aromatic carbocycles. The first kappa shape index (κ1) is 9.67. The van der Waals surface area contributed by atoms with E-state index in [9.17, 15) is 9.18 Å². The highest BCUT2D eigenvalue weighted by Gasteiger charge is 2.16. The average Bonchev–Trinajstić information content (AvgIpc) is 2.08. The van der Waals surface area contributed by atoms with Gasteiger partial charge >= 0.3 is 0 Å². The summed E-state index contributed by atoms with van der Waals surface area (Å²) in [5, 5.41) is 9.17. The quantitative estimate of drug-likeness (QED) is 0.674. The SMILES string of the molecule is CC(N)C(=O)c1cccc(F)c1O.